The van der Waals surface area contributed by atoms with Crippen LogP contribution in [0, 0.1) is 5.92 Å². The Morgan fingerprint density at radius 2 is 1.93 bits per heavy atom. The molecule has 0 aromatic carbocycles. The second-order valence-corrected chi connectivity index (χ2v) is 4.42. The first-order chi connectivity index (χ1) is 6.55. The van der Waals surface area contributed by atoms with E-state index in [2.05, 4.69) is 19.2 Å². The van der Waals surface area contributed by atoms with Crippen LogP contribution in [0.4, 0.5) is 0 Å². The van der Waals surface area contributed by atoms with E-state index in [1.807, 2.05) is 13.8 Å². The first-order valence-electron chi connectivity index (χ1n) is 6.03. The molecule has 0 saturated carbocycles. The molecule has 0 aromatic heterocycles. The minimum absolute atomic E-state index is 0.656. The third-order valence-electron chi connectivity index (χ3n) is 2.79. The third kappa shape index (κ3) is 6.39. The van der Waals surface area contributed by atoms with Gasteiger partial charge in [0.05, 0.1) is 0 Å². The molecule has 0 bridgehead atoms. The topological polar surface area (TPSA) is 32.3 Å². The standard InChI is InChI=1S/C12H27NO/c1-5-8-9-11(6-2)10-12(4,14)13-7-3/h11,13-14H,5-10H2,1-4H3. The van der Waals surface area contributed by atoms with Crippen molar-refractivity contribution in [2.75, 3.05) is 6.54 Å². The van der Waals surface area contributed by atoms with Gasteiger partial charge in [-0.3, -0.25) is 5.32 Å². The van der Waals surface area contributed by atoms with E-state index < -0.39 is 5.72 Å². The molecule has 0 saturated heterocycles. The van der Waals surface area contributed by atoms with Crippen molar-refractivity contribution in [1.82, 2.24) is 5.32 Å². The zero-order valence-corrected chi connectivity index (χ0v) is 10.3. The van der Waals surface area contributed by atoms with E-state index in [9.17, 15) is 5.11 Å². The van der Waals surface area contributed by atoms with Crippen LogP contribution in [-0.2, 0) is 0 Å². The van der Waals surface area contributed by atoms with Gasteiger partial charge in [-0.15, -0.1) is 0 Å². The molecule has 0 fully saturated rings. The Bertz CT molecular complexity index is 134. The van der Waals surface area contributed by atoms with Gasteiger partial charge < -0.3 is 5.11 Å². The molecule has 2 heteroatoms. The predicted molar refractivity (Wildman–Crippen MR) is 62.2 cm³/mol. The minimum Gasteiger partial charge on any atom is -0.376 e. The van der Waals surface area contributed by atoms with Crippen LogP contribution < -0.4 is 5.32 Å². The fourth-order valence-electron chi connectivity index (χ4n) is 1.96. The summed E-state index contributed by atoms with van der Waals surface area (Å²) in [5, 5.41) is 13.1. The van der Waals surface area contributed by atoms with Crippen LogP contribution in [-0.4, -0.2) is 17.4 Å². The van der Waals surface area contributed by atoms with Gasteiger partial charge in [-0.25, -0.2) is 0 Å². The lowest BCUT2D eigenvalue weighted by molar-refractivity contribution is 0.000163. The SMILES string of the molecule is CCCCC(CC)CC(C)(O)NCC. The molecule has 0 aliphatic heterocycles. The molecule has 0 aliphatic carbocycles. The number of hydrogen-bond donors (Lipinski definition) is 2. The molecule has 14 heavy (non-hydrogen) atoms. The Balaban J connectivity index is 3.89. The second kappa shape index (κ2) is 7.24. The zero-order chi connectivity index (χ0) is 11.0. The summed E-state index contributed by atoms with van der Waals surface area (Å²) in [4.78, 5) is 0. The summed E-state index contributed by atoms with van der Waals surface area (Å²) in [6, 6.07) is 0. The maximum Gasteiger partial charge on any atom is 0.113 e. The lowest BCUT2D eigenvalue weighted by Gasteiger charge is -2.28. The highest BCUT2D eigenvalue weighted by Crippen LogP contribution is 2.22. The van der Waals surface area contributed by atoms with Gasteiger partial charge in [0.25, 0.3) is 0 Å². The summed E-state index contributed by atoms with van der Waals surface area (Å²) in [6.07, 6.45) is 5.81. The summed E-state index contributed by atoms with van der Waals surface area (Å²) in [5.74, 6) is 0.656. The monoisotopic (exact) mass is 201 g/mol. The van der Waals surface area contributed by atoms with E-state index in [4.69, 9.17) is 0 Å². The van der Waals surface area contributed by atoms with Gasteiger partial charge >= 0.3 is 0 Å². The third-order valence-corrected chi connectivity index (χ3v) is 2.79. The van der Waals surface area contributed by atoms with Crippen LogP contribution in [0.1, 0.15) is 59.8 Å². The highest BCUT2D eigenvalue weighted by Gasteiger charge is 2.22. The normalized spacial score (nSPS) is 17.8. The highest BCUT2D eigenvalue weighted by molar-refractivity contribution is 4.73. The number of unbranched alkanes of at least 4 members (excludes halogenated alkanes) is 1. The number of aliphatic hydroxyl groups is 1. The van der Waals surface area contributed by atoms with E-state index in [-0.39, 0.29) is 0 Å². The Hall–Kier alpha value is -0.0800. The van der Waals surface area contributed by atoms with Crippen LogP contribution in [0.5, 0.6) is 0 Å². The fraction of sp³-hybridized carbons (Fsp3) is 1.00. The molecular weight excluding hydrogens is 174 g/mol. The van der Waals surface area contributed by atoms with Crippen molar-refractivity contribution in [3.05, 3.63) is 0 Å². The minimum atomic E-state index is -0.677. The van der Waals surface area contributed by atoms with Crippen LogP contribution in [0.2, 0.25) is 0 Å². The maximum atomic E-state index is 10.0. The van der Waals surface area contributed by atoms with Gasteiger partial charge in [-0.2, -0.15) is 0 Å². The summed E-state index contributed by atoms with van der Waals surface area (Å²) < 4.78 is 0. The molecule has 0 rings (SSSR count). The molecule has 0 aliphatic rings. The molecule has 2 unspecified atom stereocenters. The lowest BCUT2D eigenvalue weighted by atomic mass is 9.91. The Kier molecular flexibility index (Phi) is 7.20. The molecular formula is C12H27NO. The van der Waals surface area contributed by atoms with Gasteiger partial charge in [0.2, 0.25) is 0 Å². The van der Waals surface area contributed by atoms with Crippen molar-refractivity contribution in [3.63, 3.8) is 0 Å². The summed E-state index contributed by atoms with van der Waals surface area (Å²) >= 11 is 0. The van der Waals surface area contributed by atoms with Gasteiger partial charge in [0, 0.05) is 0 Å². The van der Waals surface area contributed by atoms with Crippen molar-refractivity contribution in [2.45, 2.75) is 65.5 Å². The zero-order valence-electron chi connectivity index (χ0n) is 10.3. The van der Waals surface area contributed by atoms with Crippen LogP contribution in [0.15, 0.2) is 0 Å². The fourth-order valence-corrected chi connectivity index (χ4v) is 1.96. The van der Waals surface area contributed by atoms with Crippen molar-refractivity contribution < 1.29 is 5.11 Å². The smallest absolute Gasteiger partial charge is 0.113 e. The van der Waals surface area contributed by atoms with Gasteiger partial charge in [0.15, 0.2) is 0 Å². The number of rotatable bonds is 8. The Labute approximate surface area is 89.1 Å². The van der Waals surface area contributed by atoms with E-state index in [0.717, 1.165) is 13.0 Å². The van der Waals surface area contributed by atoms with Gasteiger partial charge in [-0.1, -0.05) is 46.5 Å². The molecule has 0 radical (unpaired) electrons. The van der Waals surface area contributed by atoms with Gasteiger partial charge in [-0.05, 0) is 25.8 Å². The van der Waals surface area contributed by atoms with Crippen molar-refractivity contribution in [2.24, 2.45) is 5.92 Å². The van der Waals surface area contributed by atoms with E-state index in [1.165, 1.54) is 25.7 Å². The molecule has 86 valence electrons. The first-order valence-corrected chi connectivity index (χ1v) is 6.03. The van der Waals surface area contributed by atoms with E-state index >= 15 is 0 Å². The molecule has 2 atom stereocenters. The van der Waals surface area contributed by atoms with Crippen LogP contribution in [0.25, 0.3) is 0 Å². The molecule has 0 heterocycles. The highest BCUT2D eigenvalue weighted by atomic mass is 16.3. The Morgan fingerprint density at radius 3 is 2.36 bits per heavy atom. The number of nitrogens with one attached hydrogen (secondary N) is 1. The van der Waals surface area contributed by atoms with Crippen molar-refractivity contribution >= 4 is 0 Å². The molecule has 2 N–H and O–H groups in total. The van der Waals surface area contributed by atoms with E-state index in [1.54, 1.807) is 0 Å². The largest absolute Gasteiger partial charge is 0.376 e. The van der Waals surface area contributed by atoms with Crippen LogP contribution >= 0.6 is 0 Å². The lowest BCUT2D eigenvalue weighted by Crippen LogP contribution is -2.43. The average Bonchev–Trinajstić information content (AvgIpc) is 2.12. The van der Waals surface area contributed by atoms with Gasteiger partial charge in [0.1, 0.15) is 5.72 Å². The summed E-state index contributed by atoms with van der Waals surface area (Å²) in [6.45, 7) is 9.17. The summed E-state index contributed by atoms with van der Waals surface area (Å²) in [7, 11) is 0. The van der Waals surface area contributed by atoms with Crippen LogP contribution in [0.3, 0.4) is 0 Å². The maximum absolute atomic E-state index is 10.0. The van der Waals surface area contributed by atoms with Crippen molar-refractivity contribution in [1.29, 1.82) is 0 Å². The summed E-state index contributed by atoms with van der Waals surface area (Å²) in [5.41, 5.74) is -0.677. The predicted octanol–water partition coefficient (Wildman–Crippen LogP) is 2.91. The second-order valence-electron chi connectivity index (χ2n) is 4.42. The molecule has 0 aromatic rings. The molecule has 2 nitrogen and oxygen atoms in total. The quantitative estimate of drug-likeness (QED) is 0.592. The Morgan fingerprint density at radius 1 is 1.29 bits per heavy atom. The number of hydrogen-bond acceptors (Lipinski definition) is 2. The molecule has 0 amide bonds. The van der Waals surface area contributed by atoms with Crippen molar-refractivity contribution in [3.8, 4) is 0 Å². The first kappa shape index (κ1) is 13.9. The molecule has 0 spiro atoms. The van der Waals surface area contributed by atoms with E-state index in [0.29, 0.717) is 5.92 Å². The average molecular weight is 201 g/mol.